The number of carbonyl (C=O) groups is 1. The Hall–Kier alpha value is -2.59. The fourth-order valence-electron chi connectivity index (χ4n) is 4.66. The number of alkyl halides is 5. The maximum atomic E-state index is 13.1. The average molecular weight is 603 g/mol. The number of benzene rings is 1. The number of hydrogen-bond acceptors (Lipinski definition) is 6. The monoisotopic (exact) mass is 602 g/mol. The van der Waals surface area contributed by atoms with E-state index in [0.29, 0.717) is 42.2 Å². The Kier molecular flexibility index (Phi) is 9.50. The van der Waals surface area contributed by atoms with Gasteiger partial charge in [0, 0.05) is 78.9 Å². The molecule has 1 atom stereocenters. The van der Waals surface area contributed by atoms with Gasteiger partial charge in [-0.25, -0.2) is 13.8 Å². The predicted octanol–water partition coefficient (Wildman–Crippen LogP) is 5.86. The molecular formula is C27H31F5N4O2S2. The first-order valence-corrected chi connectivity index (χ1v) is 15.5. The first-order chi connectivity index (χ1) is 18.9. The standard InChI is InChI=1S/C16H17F3N2OS2.C11H14F2N2O/c17-16(18,19)6-5-15-20-11-14(23-15)12-1-3-13(4-2-12)21-7-9-24(22)10-8-21;12-11(13)3-1-2-8(6-11)9(16)15-10(7-14)4-5-10/h1-4,11H,5-10H2;8H,1-6H2,(H,15,16). The quantitative estimate of drug-likeness (QED) is 0.419. The number of aryl methyl sites for hydroxylation is 1. The molecule has 1 amide bonds. The van der Waals surface area contributed by atoms with Gasteiger partial charge >= 0.3 is 6.18 Å². The van der Waals surface area contributed by atoms with Crippen molar-refractivity contribution >= 4 is 33.7 Å². The van der Waals surface area contributed by atoms with Crippen LogP contribution in [0.25, 0.3) is 10.4 Å². The molecule has 1 saturated heterocycles. The summed E-state index contributed by atoms with van der Waals surface area (Å²) < 4.78 is 74.4. The van der Waals surface area contributed by atoms with Gasteiger partial charge in [0.25, 0.3) is 0 Å². The third-order valence-electron chi connectivity index (χ3n) is 7.21. The van der Waals surface area contributed by atoms with Crippen molar-refractivity contribution in [1.82, 2.24) is 10.3 Å². The van der Waals surface area contributed by atoms with Crippen LogP contribution in [-0.2, 0) is 22.0 Å². The molecule has 2 heterocycles. The average Bonchev–Trinajstić information content (AvgIpc) is 3.52. The zero-order valence-electron chi connectivity index (χ0n) is 21.8. The van der Waals surface area contributed by atoms with E-state index < -0.39 is 40.8 Å². The number of amides is 1. The second-order valence-corrected chi connectivity index (χ2v) is 13.3. The Morgan fingerprint density at radius 1 is 1.18 bits per heavy atom. The Bertz CT molecular complexity index is 1230. The zero-order chi connectivity index (χ0) is 29.0. The van der Waals surface area contributed by atoms with E-state index in [1.54, 1.807) is 6.20 Å². The molecule has 3 aliphatic rings. The van der Waals surface area contributed by atoms with Crippen LogP contribution in [0.1, 0.15) is 50.0 Å². The minimum absolute atomic E-state index is 0.0723. The van der Waals surface area contributed by atoms with Gasteiger partial charge in [0.15, 0.2) is 0 Å². The highest BCUT2D eigenvalue weighted by Gasteiger charge is 2.47. The number of nitrogens with zero attached hydrogens (tertiary/aromatic N) is 3. The van der Waals surface area contributed by atoms with Crippen molar-refractivity contribution in [2.24, 2.45) is 5.92 Å². The topological polar surface area (TPSA) is 86.1 Å². The third kappa shape index (κ3) is 8.70. The molecule has 1 aromatic carbocycles. The molecule has 1 unspecified atom stereocenters. The molecule has 1 aliphatic heterocycles. The lowest BCUT2D eigenvalue weighted by Gasteiger charge is -2.28. The van der Waals surface area contributed by atoms with E-state index >= 15 is 0 Å². The van der Waals surface area contributed by atoms with Gasteiger partial charge in [-0.2, -0.15) is 18.4 Å². The van der Waals surface area contributed by atoms with Crippen LogP contribution in [0.4, 0.5) is 27.6 Å². The van der Waals surface area contributed by atoms with Crippen molar-refractivity contribution in [1.29, 1.82) is 5.26 Å². The summed E-state index contributed by atoms with van der Waals surface area (Å²) in [5.74, 6) is -2.34. The van der Waals surface area contributed by atoms with E-state index in [9.17, 15) is 31.0 Å². The van der Waals surface area contributed by atoms with E-state index in [-0.39, 0.29) is 25.2 Å². The van der Waals surface area contributed by atoms with Crippen molar-refractivity contribution in [3.8, 4) is 16.5 Å². The van der Waals surface area contributed by atoms with Gasteiger partial charge in [-0.15, -0.1) is 11.3 Å². The molecule has 2 saturated carbocycles. The molecular weight excluding hydrogens is 571 g/mol. The highest BCUT2D eigenvalue weighted by Crippen LogP contribution is 2.39. The molecule has 13 heteroatoms. The summed E-state index contributed by atoms with van der Waals surface area (Å²) in [4.78, 5) is 18.9. The summed E-state index contributed by atoms with van der Waals surface area (Å²) in [7, 11) is -0.703. The highest BCUT2D eigenvalue weighted by atomic mass is 32.2. The van der Waals surface area contributed by atoms with Crippen LogP contribution >= 0.6 is 11.3 Å². The summed E-state index contributed by atoms with van der Waals surface area (Å²) in [6, 6.07) is 9.94. The SMILES string of the molecule is N#CC1(NC(=O)C2CCCC(F)(F)C2)CC1.O=S1CCN(c2ccc(-c3cnc(CCC(F)(F)F)s3)cc2)CC1. The van der Waals surface area contributed by atoms with Gasteiger partial charge in [0.05, 0.1) is 16.0 Å². The fraction of sp³-hybridized carbons (Fsp3) is 0.593. The van der Waals surface area contributed by atoms with E-state index in [1.165, 1.54) is 11.3 Å². The molecule has 2 aromatic rings. The van der Waals surface area contributed by atoms with Crippen LogP contribution in [0.5, 0.6) is 0 Å². The van der Waals surface area contributed by atoms with Gasteiger partial charge < -0.3 is 10.2 Å². The van der Waals surface area contributed by atoms with Crippen molar-refractivity contribution < 1.29 is 31.0 Å². The lowest BCUT2D eigenvalue weighted by Crippen LogP contribution is -2.43. The molecule has 0 radical (unpaired) electrons. The van der Waals surface area contributed by atoms with Crippen LogP contribution in [-0.4, -0.2) is 57.3 Å². The number of anilines is 1. The Morgan fingerprint density at radius 3 is 2.42 bits per heavy atom. The second kappa shape index (κ2) is 12.5. The molecule has 218 valence electrons. The van der Waals surface area contributed by atoms with Crippen LogP contribution in [0, 0.1) is 17.2 Å². The number of carbonyl (C=O) groups excluding carboxylic acids is 1. The highest BCUT2D eigenvalue weighted by molar-refractivity contribution is 7.85. The molecule has 1 aromatic heterocycles. The van der Waals surface area contributed by atoms with Crippen molar-refractivity contribution in [2.75, 3.05) is 29.5 Å². The third-order valence-corrected chi connectivity index (χ3v) is 9.59. The van der Waals surface area contributed by atoms with E-state index in [1.807, 2.05) is 30.3 Å². The van der Waals surface area contributed by atoms with Gasteiger partial charge in [0.1, 0.15) is 5.54 Å². The first kappa shape index (κ1) is 30.4. The zero-order valence-corrected chi connectivity index (χ0v) is 23.4. The summed E-state index contributed by atoms with van der Waals surface area (Å²) in [6.45, 7) is 1.57. The maximum absolute atomic E-state index is 13.1. The lowest BCUT2D eigenvalue weighted by atomic mass is 9.86. The van der Waals surface area contributed by atoms with Gasteiger partial charge in [-0.3, -0.25) is 9.00 Å². The van der Waals surface area contributed by atoms with Crippen LogP contribution < -0.4 is 10.2 Å². The number of hydrogen-bond donors (Lipinski definition) is 1. The van der Waals surface area contributed by atoms with Crippen LogP contribution in [0.2, 0.25) is 0 Å². The number of halogens is 5. The van der Waals surface area contributed by atoms with E-state index in [2.05, 4.69) is 15.2 Å². The molecule has 3 fully saturated rings. The Morgan fingerprint density at radius 2 is 1.85 bits per heavy atom. The largest absolute Gasteiger partial charge is 0.389 e. The molecule has 2 aliphatic carbocycles. The van der Waals surface area contributed by atoms with E-state index in [0.717, 1.165) is 29.2 Å². The normalized spacial score (nSPS) is 22.0. The molecule has 0 bridgehead atoms. The molecule has 6 nitrogen and oxygen atoms in total. The molecule has 0 spiro atoms. The maximum Gasteiger partial charge on any atom is 0.389 e. The number of nitriles is 1. The molecule has 5 rings (SSSR count). The summed E-state index contributed by atoms with van der Waals surface area (Å²) in [5, 5.41) is 11.9. The summed E-state index contributed by atoms with van der Waals surface area (Å²) >= 11 is 1.30. The predicted molar refractivity (Wildman–Crippen MR) is 145 cm³/mol. The molecule has 1 N–H and O–H groups in total. The van der Waals surface area contributed by atoms with Crippen molar-refractivity contribution in [3.05, 3.63) is 35.5 Å². The summed E-state index contributed by atoms with van der Waals surface area (Å²) in [6.07, 6.45) is -1.77. The van der Waals surface area contributed by atoms with Gasteiger partial charge in [-0.05, 0) is 43.4 Å². The minimum Gasteiger partial charge on any atom is -0.370 e. The Balaban J connectivity index is 0.000000201. The molecule has 40 heavy (non-hydrogen) atoms. The fourth-order valence-corrected chi connectivity index (χ4v) is 6.64. The Labute approximate surface area is 236 Å². The van der Waals surface area contributed by atoms with E-state index in [4.69, 9.17) is 5.26 Å². The number of thiazole rings is 1. The van der Waals surface area contributed by atoms with Crippen LogP contribution in [0.15, 0.2) is 30.5 Å². The second-order valence-electron chi connectivity index (χ2n) is 10.4. The van der Waals surface area contributed by atoms with Crippen molar-refractivity contribution in [3.63, 3.8) is 0 Å². The number of aromatic nitrogens is 1. The minimum atomic E-state index is -4.15. The van der Waals surface area contributed by atoms with Crippen LogP contribution in [0.3, 0.4) is 0 Å². The number of rotatable bonds is 6. The van der Waals surface area contributed by atoms with Crippen molar-refractivity contribution in [2.45, 2.75) is 69.0 Å². The lowest BCUT2D eigenvalue weighted by molar-refractivity contribution is -0.134. The summed E-state index contributed by atoms with van der Waals surface area (Å²) in [5.41, 5.74) is 1.29. The first-order valence-electron chi connectivity index (χ1n) is 13.2. The van der Waals surface area contributed by atoms with Gasteiger partial charge in [-0.1, -0.05) is 12.1 Å². The number of nitrogens with one attached hydrogen (secondary N) is 1. The smallest absolute Gasteiger partial charge is 0.370 e. The van der Waals surface area contributed by atoms with Gasteiger partial charge in [0.2, 0.25) is 11.8 Å².